The van der Waals surface area contributed by atoms with E-state index in [0.29, 0.717) is 22.9 Å². The van der Waals surface area contributed by atoms with Crippen LogP contribution in [0.4, 0.5) is 32.0 Å². The van der Waals surface area contributed by atoms with E-state index in [9.17, 15) is 26.3 Å². The minimum Gasteiger partial charge on any atom is -0.496 e. The van der Waals surface area contributed by atoms with E-state index in [0.717, 1.165) is 0 Å². The number of nitrogen functional groups attached to an aromatic ring is 1. The Bertz CT molecular complexity index is 858. The highest BCUT2D eigenvalue weighted by atomic mass is 79.9. The summed E-state index contributed by atoms with van der Waals surface area (Å²) in [6.07, 6.45) is -9.94. The molecule has 9 heteroatoms. The molecule has 2 aromatic carbocycles. The molecule has 0 bridgehead atoms. The Morgan fingerprint density at radius 2 is 1.50 bits per heavy atom. The number of hydrogen-bond acceptors (Lipinski definition) is 2. The summed E-state index contributed by atoms with van der Waals surface area (Å²) in [6.45, 7) is 3.17. The van der Waals surface area contributed by atoms with Gasteiger partial charge in [0, 0.05) is 26.9 Å². The van der Waals surface area contributed by atoms with Gasteiger partial charge in [0.1, 0.15) is 5.75 Å². The Morgan fingerprint density at radius 1 is 0.923 bits per heavy atom. The lowest BCUT2D eigenvalue weighted by Crippen LogP contribution is -2.13. The van der Waals surface area contributed by atoms with E-state index in [1.807, 2.05) is 0 Å². The van der Waals surface area contributed by atoms with Crippen molar-refractivity contribution in [3.8, 4) is 16.9 Å². The molecule has 2 nitrogen and oxygen atoms in total. The normalized spacial score (nSPS) is 12.4. The number of hydrogen-bond donors (Lipinski definition) is 1. The van der Waals surface area contributed by atoms with Gasteiger partial charge in [-0.15, -0.1) is 0 Å². The lowest BCUT2D eigenvalue weighted by atomic mass is 9.91. The molecule has 0 fully saturated rings. The highest BCUT2D eigenvalue weighted by Gasteiger charge is 2.40. The number of ether oxygens (including phenoxy) is 1. The molecular formula is C17H14BrF6NO. The zero-order chi connectivity index (χ0) is 20.0. The van der Waals surface area contributed by atoms with E-state index in [1.54, 1.807) is 6.92 Å². The van der Waals surface area contributed by atoms with E-state index >= 15 is 0 Å². The number of rotatable bonds is 2. The summed E-state index contributed by atoms with van der Waals surface area (Å²) in [5, 5.41) is 0. The van der Waals surface area contributed by atoms with E-state index in [2.05, 4.69) is 15.9 Å². The van der Waals surface area contributed by atoms with Gasteiger partial charge in [0.25, 0.3) is 0 Å². The predicted octanol–water partition coefficient (Wildman–Crippen LogP) is 6.36. The first-order valence-electron chi connectivity index (χ1n) is 7.21. The van der Waals surface area contributed by atoms with Gasteiger partial charge in [-0.2, -0.15) is 26.3 Å². The topological polar surface area (TPSA) is 35.2 Å². The quantitative estimate of drug-likeness (QED) is 0.434. The van der Waals surface area contributed by atoms with Gasteiger partial charge in [-0.25, -0.2) is 0 Å². The van der Waals surface area contributed by atoms with Gasteiger partial charge >= 0.3 is 12.4 Å². The molecule has 0 aromatic heterocycles. The molecule has 2 aromatic rings. The number of benzene rings is 2. The van der Waals surface area contributed by atoms with Crippen molar-refractivity contribution in [3.63, 3.8) is 0 Å². The zero-order valence-corrected chi connectivity index (χ0v) is 15.4. The Morgan fingerprint density at radius 3 is 1.96 bits per heavy atom. The largest absolute Gasteiger partial charge is 0.496 e. The fraction of sp³-hybridized carbons (Fsp3) is 0.294. The maximum atomic E-state index is 13.5. The van der Waals surface area contributed by atoms with Crippen molar-refractivity contribution < 1.29 is 31.1 Å². The lowest BCUT2D eigenvalue weighted by Gasteiger charge is -2.22. The lowest BCUT2D eigenvalue weighted by molar-refractivity contribution is -0.142. The van der Waals surface area contributed by atoms with Crippen LogP contribution in [0.1, 0.15) is 22.3 Å². The summed E-state index contributed by atoms with van der Waals surface area (Å²) >= 11 is 2.86. The van der Waals surface area contributed by atoms with Crippen LogP contribution < -0.4 is 10.5 Å². The second-order valence-corrected chi connectivity index (χ2v) is 6.55. The molecule has 0 radical (unpaired) electrons. The Labute approximate surface area is 154 Å². The number of methoxy groups -OCH3 is 1. The van der Waals surface area contributed by atoms with Crippen LogP contribution in [0.2, 0.25) is 0 Å². The van der Waals surface area contributed by atoms with Crippen molar-refractivity contribution in [1.29, 1.82) is 0 Å². The van der Waals surface area contributed by atoms with Crippen molar-refractivity contribution in [1.82, 2.24) is 0 Å². The molecule has 0 atom stereocenters. The minimum atomic E-state index is -5.02. The maximum Gasteiger partial charge on any atom is 0.417 e. The van der Waals surface area contributed by atoms with Crippen LogP contribution >= 0.6 is 15.9 Å². The van der Waals surface area contributed by atoms with E-state index < -0.39 is 29.0 Å². The van der Waals surface area contributed by atoms with E-state index in [4.69, 9.17) is 10.5 Å². The summed E-state index contributed by atoms with van der Waals surface area (Å²) < 4.78 is 84.4. The molecular weight excluding hydrogens is 428 g/mol. The molecule has 2 N–H and O–H groups in total. The van der Waals surface area contributed by atoms with Crippen LogP contribution in [-0.4, -0.2) is 7.11 Å². The summed E-state index contributed by atoms with van der Waals surface area (Å²) in [6, 6.07) is 2.12. The first-order chi connectivity index (χ1) is 11.8. The third-order valence-corrected chi connectivity index (χ3v) is 4.54. The SMILES string of the molecule is COc1c(C)cc(N)c(-c2c(Br)cc(C(F)(F)F)cc2C(F)(F)F)c1C. The molecule has 0 heterocycles. The molecule has 0 unspecified atom stereocenters. The summed E-state index contributed by atoms with van der Waals surface area (Å²) in [4.78, 5) is 0. The fourth-order valence-corrected chi connectivity index (χ4v) is 3.55. The summed E-state index contributed by atoms with van der Waals surface area (Å²) in [5.41, 5.74) is 3.50. The van der Waals surface area contributed by atoms with Crippen LogP contribution in [0.5, 0.6) is 5.75 Å². The van der Waals surface area contributed by atoms with Gasteiger partial charge in [0.05, 0.1) is 18.2 Å². The summed E-state index contributed by atoms with van der Waals surface area (Å²) in [7, 11) is 1.35. The van der Waals surface area contributed by atoms with Gasteiger partial charge in [-0.3, -0.25) is 0 Å². The number of aryl methyl sites for hydroxylation is 1. The minimum absolute atomic E-state index is 0.00626. The number of anilines is 1. The highest BCUT2D eigenvalue weighted by Crippen LogP contribution is 2.48. The van der Waals surface area contributed by atoms with Crippen molar-refractivity contribution >= 4 is 21.6 Å². The molecule has 142 valence electrons. The average Bonchev–Trinajstić information content (AvgIpc) is 2.46. The van der Waals surface area contributed by atoms with Gasteiger partial charge in [0.15, 0.2) is 0 Å². The monoisotopic (exact) mass is 441 g/mol. The first kappa shape index (κ1) is 20.4. The Kier molecular flexibility index (Phi) is 5.24. The molecule has 26 heavy (non-hydrogen) atoms. The molecule has 0 saturated heterocycles. The average molecular weight is 442 g/mol. The van der Waals surface area contributed by atoms with Crippen LogP contribution in [0, 0.1) is 13.8 Å². The first-order valence-corrected chi connectivity index (χ1v) is 8.00. The maximum absolute atomic E-state index is 13.5. The van der Waals surface area contributed by atoms with Crippen LogP contribution in [0.3, 0.4) is 0 Å². The standard InChI is InChI=1S/C17H14BrF6NO/c1-7-4-12(25)13(8(2)15(7)26-3)14-10(17(22,23)24)5-9(6-11(14)18)16(19,20)21/h4-6H,25H2,1-3H3. The van der Waals surface area contributed by atoms with Crippen LogP contribution in [-0.2, 0) is 12.4 Å². The van der Waals surface area contributed by atoms with Gasteiger partial charge < -0.3 is 10.5 Å². The molecule has 0 amide bonds. The van der Waals surface area contributed by atoms with Crippen molar-refractivity contribution in [2.45, 2.75) is 26.2 Å². The molecule has 2 rings (SSSR count). The van der Waals surface area contributed by atoms with E-state index in [-0.39, 0.29) is 21.8 Å². The molecule has 0 aliphatic carbocycles. The number of nitrogens with two attached hydrogens (primary N) is 1. The van der Waals surface area contributed by atoms with Crippen LogP contribution in [0.25, 0.3) is 11.1 Å². The van der Waals surface area contributed by atoms with Gasteiger partial charge in [0.2, 0.25) is 0 Å². The Balaban J connectivity index is 2.96. The number of alkyl halides is 6. The van der Waals surface area contributed by atoms with E-state index in [1.165, 1.54) is 20.1 Å². The number of halogens is 7. The third-order valence-electron chi connectivity index (χ3n) is 3.91. The predicted molar refractivity (Wildman–Crippen MR) is 90.0 cm³/mol. The molecule has 0 aliphatic heterocycles. The Hall–Kier alpha value is -1.90. The second-order valence-electron chi connectivity index (χ2n) is 5.69. The fourth-order valence-electron chi connectivity index (χ4n) is 2.89. The van der Waals surface area contributed by atoms with Crippen molar-refractivity contribution in [2.24, 2.45) is 0 Å². The smallest absolute Gasteiger partial charge is 0.417 e. The second kappa shape index (κ2) is 6.68. The van der Waals surface area contributed by atoms with Crippen molar-refractivity contribution in [2.75, 3.05) is 12.8 Å². The molecule has 0 saturated carbocycles. The zero-order valence-electron chi connectivity index (χ0n) is 13.9. The van der Waals surface area contributed by atoms with Gasteiger partial charge in [-0.1, -0.05) is 15.9 Å². The van der Waals surface area contributed by atoms with Crippen LogP contribution in [0.15, 0.2) is 22.7 Å². The highest BCUT2D eigenvalue weighted by molar-refractivity contribution is 9.10. The van der Waals surface area contributed by atoms with Gasteiger partial charge in [-0.05, 0) is 37.6 Å². The van der Waals surface area contributed by atoms with Crippen molar-refractivity contribution in [3.05, 3.63) is 44.9 Å². The molecule has 0 spiro atoms. The molecule has 0 aliphatic rings. The third kappa shape index (κ3) is 3.62. The summed E-state index contributed by atoms with van der Waals surface area (Å²) in [5.74, 6) is 0.314.